The number of primary amides is 1. The first-order valence-corrected chi connectivity index (χ1v) is 7.22. The molecule has 0 bridgehead atoms. The van der Waals surface area contributed by atoms with E-state index in [2.05, 4.69) is 10.3 Å². The van der Waals surface area contributed by atoms with Gasteiger partial charge in [0.1, 0.15) is 6.04 Å². The van der Waals surface area contributed by atoms with Crippen molar-refractivity contribution in [1.29, 1.82) is 0 Å². The van der Waals surface area contributed by atoms with Gasteiger partial charge >= 0.3 is 5.97 Å². The third kappa shape index (κ3) is 3.63. The van der Waals surface area contributed by atoms with E-state index in [1.54, 1.807) is 6.92 Å². The molecular weight excluding hydrogens is 290 g/mol. The van der Waals surface area contributed by atoms with Crippen LogP contribution in [0.2, 0.25) is 0 Å². The number of aliphatic imine (C=N–C) groups is 1. The van der Waals surface area contributed by atoms with Gasteiger partial charge in [-0.3, -0.25) is 9.59 Å². The first kappa shape index (κ1) is 15.1. The van der Waals surface area contributed by atoms with Gasteiger partial charge in [-0.25, -0.2) is 4.99 Å². The number of carboxylic acid groups (broad SMARTS) is 1. The second kappa shape index (κ2) is 6.45. The Morgan fingerprint density at radius 1 is 1.38 bits per heavy atom. The topological polar surface area (TPSA) is 105 Å². The number of aliphatic carboxylic acids is 1. The minimum atomic E-state index is -0.928. The molecule has 1 aliphatic heterocycles. The van der Waals surface area contributed by atoms with E-state index in [0.29, 0.717) is 16.4 Å². The van der Waals surface area contributed by atoms with Crippen LogP contribution in [0.5, 0.6) is 0 Å². The molecule has 2 rings (SSSR count). The monoisotopic (exact) mass is 305 g/mol. The molecule has 1 aromatic rings. The van der Waals surface area contributed by atoms with Crippen molar-refractivity contribution in [3.63, 3.8) is 0 Å². The molecule has 6 nitrogen and oxygen atoms in total. The molecule has 0 saturated carbocycles. The predicted octanol–water partition coefficient (Wildman–Crippen LogP) is 1.26. The zero-order chi connectivity index (χ0) is 15.4. The van der Waals surface area contributed by atoms with Gasteiger partial charge < -0.3 is 16.2 Å². The molecule has 0 spiro atoms. The molecule has 0 radical (unpaired) electrons. The molecule has 0 aromatic heterocycles. The first-order chi connectivity index (χ1) is 9.99. The van der Waals surface area contributed by atoms with Crippen molar-refractivity contribution in [3.8, 4) is 0 Å². The van der Waals surface area contributed by atoms with Crippen molar-refractivity contribution in [3.05, 3.63) is 47.2 Å². The normalized spacial score (nSPS) is 18.0. The lowest BCUT2D eigenvalue weighted by Gasteiger charge is -2.25. The Labute approximate surface area is 126 Å². The maximum Gasteiger partial charge on any atom is 0.313 e. The van der Waals surface area contributed by atoms with Crippen LogP contribution in [-0.4, -0.2) is 27.9 Å². The highest BCUT2D eigenvalue weighted by Gasteiger charge is 2.27. The fourth-order valence-electron chi connectivity index (χ4n) is 2.05. The summed E-state index contributed by atoms with van der Waals surface area (Å²) in [6, 6.07) is 8.77. The van der Waals surface area contributed by atoms with Gasteiger partial charge in [0.05, 0.1) is 11.3 Å². The number of carboxylic acids is 1. The fourth-order valence-corrected chi connectivity index (χ4v) is 2.71. The Bertz CT molecular complexity index is 626. The number of nitrogens with one attached hydrogen (secondary N) is 1. The number of allylic oxidation sites excluding steroid dienone is 1. The van der Waals surface area contributed by atoms with Crippen LogP contribution < -0.4 is 11.1 Å². The number of amides is 1. The van der Waals surface area contributed by atoms with Crippen LogP contribution >= 0.6 is 11.8 Å². The summed E-state index contributed by atoms with van der Waals surface area (Å²) >= 11 is 1.07. The molecule has 110 valence electrons. The molecular formula is C14H15N3O3S. The first-order valence-electron chi connectivity index (χ1n) is 6.24. The van der Waals surface area contributed by atoms with Crippen molar-refractivity contribution < 1.29 is 14.7 Å². The van der Waals surface area contributed by atoms with Crippen molar-refractivity contribution in [1.82, 2.24) is 5.32 Å². The van der Waals surface area contributed by atoms with Crippen molar-refractivity contribution >= 4 is 28.8 Å². The largest absolute Gasteiger partial charge is 0.481 e. The van der Waals surface area contributed by atoms with Crippen LogP contribution in [0.15, 0.2) is 46.6 Å². The zero-order valence-electron chi connectivity index (χ0n) is 11.4. The number of carbonyl (C=O) groups excluding carboxylic acids is 1. The summed E-state index contributed by atoms with van der Waals surface area (Å²) in [5.41, 5.74) is 7.27. The number of nitrogens with zero attached hydrogens (tertiary/aromatic N) is 1. The Morgan fingerprint density at radius 3 is 2.62 bits per heavy atom. The summed E-state index contributed by atoms with van der Waals surface area (Å²) in [4.78, 5) is 26.8. The smallest absolute Gasteiger partial charge is 0.313 e. The van der Waals surface area contributed by atoms with Crippen LogP contribution in [0.1, 0.15) is 18.5 Å². The Balaban J connectivity index is 2.35. The highest BCUT2D eigenvalue weighted by atomic mass is 32.2. The second-order valence-corrected chi connectivity index (χ2v) is 5.42. The number of nitrogens with two attached hydrogens (primary N) is 1. The van der Waals surface area contributed by atoms with Gasteiger partial charge in [-0.1, -0.05) is 42.1 Å². The molecule has 1 atom stereocenters. The van der Waals surface area contributed by atoms with Gasteiger partial charge in [-0.2, -0.15) is 0 Å². The average Bonchev–Trinajstić information content (AvgIpc) is 2.45. The van der Waals surface area contributed by atoms with Crippen molar-refractivity contribution in [2.75, 3.05) is 5.75 Å². The molecule has 1 heterocycles. The molecule has 0 saturated heterocycles. The number of hydrogen-bond acceptors (Lipinski definition) is 5. The van der Waals surface area contributed by atoms with E-state index < -0.39 is 17.9 Å². The molecule has 21 heavy (non-hydrogen) atoms. The third-order valence-corrected chi connectivity index (χ3v) is 3.80. The van der Waals surface area contributed by atoms with Gasteiger partial charge in [0.15, 0.2) is 5.17 Å². The average molecular weight is 305 g/mol. The lowest BCUT2D eigenvalue weighted by Crippen LogP contribution is -2.32. The van der Waals surface area contributed by atoms with Crippen molar-refractivity contribution in [2.24, 2.45) is 10.7 Å². The maximum atomic E-state index is 11.7. The highest BCUT2D eigenvalue weighted by molar-refractivity contribution is 8.14. The van der Waals surface area contributed by atoms with Crippen LogP contribution in [0.25, 0.3) is 0 Å². The Morgan fingerprint density at radius 2 is 2.05 bits per heavy atom. The van der Waals surface area contributed by atoms with E-state index in [1.807, 2.05) is 30.3 Å². The van der Waals surface area contributed by atoms with Crippen molar-refractivity contribution in [2.45, 2.75) is 13.0 Å². The summed E-state index contributed by atoms with van der Waals surface area (Å²) in [5, 5.41) is 12.1. The summed E-state index contributed by atoms with van der Waals surface area (Å²) < 4.78 is 0. The maximum absolute atomic E-state index is 11.7. The van der Waals surface area contributed by atoms with Crippen LogP contribution in [-0.2, 0) is 9.59 Å². The standard InChI is InChI=1S/C14H15N3O3S/c1-8-11(13(15)20)12(9-5-3-2-4-6-9)17-14(16-8)21-7-10(18)19/h2-6,12H,7H2,1H3,(H2,15,20)(H,16,17)(H,18,19)/t12-/m0/s1. The molecule has 1 aromatic carbocycles. The fraction of sp³-hybridized carbons (Fsp3) is 0.214. The van der Waals surface area contributed by atoms with E-state index in [-0.39, 0.29) is 5.75 Å². The lowest BCUT2D eigenvalue weighted by atomic mass is 9.96. The van der Waals surface area contributed by atoms with E-state index in [4.69, 9.17) is 10.8 Å². The van der Waals surface area contributed by atoms with Gasteiger partial charge in [0.25, 0.3) is 0 Å². The summed E-state index contributed by atoms with van der Waals surface area (Å²) in [6.45, 7) is 1.73. The Hall–Kier alpha value is -2.28. The van der Waals surface area contributed by atoms with Crippen LogP contribution in [0.3, 0.4) is 0 Å². The molecule has 1 amide bonds. The quantitative estimate of drug-likeness (QED) is 0.777. The minimum Gasteiger partial charge on any atom is -0.481 e. The van der Waals surface area contributed by atoms with Gasteiger partial charge in [-0.15, -0.1) is 0 Å². The molecule has 1 aliphatic rings. The summed E-state index contributed by atoms with van der Waals surface area (Å²) in [7, 11) is 0. The van der Waals surface area contributed by atoms with E-state index in [9.17, 15) is 9.59 Å². The van der Waals surface area contributed by atoms with Gasteiger partial charge in [0, 0.05) is 5.70 Å². The minimum absolute atomic E-state index is 0.105. The predicted molar refractivity (Wildman–Crippen MR) is 81.7 cm³/mol. The zero-order valence-corrected chi connectivity index (χ0v) is 12.2. The lowest BCUT2D eigenvalue weighted by molar-refractivity contribution is -0.133. The van der Waals surface area contributed by atoms with E-state index in [0.717, 1.165) is 17.3 Å². The molecule has 0 aliphatic carbocycles. The van der Waals surface area contributed by atoms with Crippen LogP contribution in [0.4, 0.5) is 0 Å². The number of carbonyl (C=O) groups is 2. The number of rotatable bonds is 4. The molecule has 4 N–H and O–H groups in total. The number of hydrogen-bond donors (Lipinski definition) is 3. The highest BCUT2D eigenvalue weighted by Crippen LogP contribution is 2.31. The van der Waals surface area contributed by atoms with E-state index in [1.165, 1.54) is 0 Å². The Kier molecular flexibility index (Phi) is 4.64. The van der Waals surface area contributed by atoms with Crippen LogP contribution in [0, 0.1) is 0 Å². The second-order valence-electron chi connectivity index (χ2n) is 4.46. The third-order valence-electron chi connectivity index (χ3n) is 2.93. The van der Waals surface area contributed by atoms with Gasteiger partial charge in [0.2, 0.25) is 5.91 Å². The number of thioether (sulfide) groups is 1. The molecule has 0 unspecified atom stereocenters. The number of amidine groups is 1. The molecule has 0 fully saturated rings. The molecule has 7 heteroatoms. The SMILES string of the molecule is CC1=C(C(N)=O)[C@H](c2ccccc2)N=C(SCC(=O)O)N1. The van der Waals surface area contributed by atoms with Gasteiger partial charge in [-0.05, 0) is 12.5 Å². The summed E-state index contributed by atoms with van der Waals surface area (Å²) in [5.74, 6) is -1.57. The number of benzene rings is 1. The van der Waals surface area contributed by atoms with E-state index >= 15 is 0 Å². The summed E-state index contributed by atoms with van der Waals surface area (Å²) in [6.07, 6.45) is 0.